The summed E-state index contributed by atoms with van der Waals surface area (Å²) in [6, 6.07) is 25.6. The molecule has 4 aromatic carbocycles. The molecule has 3 nitrogen and oxygen atoms in total. The Morgan fingerprint density at radius 2 is 1.44 bits per heavy atom. The van der Waals surface area contributed by atoms with Crippen LogP contribution in [0.1, 0.15) is 15.9 Å². The third-order valence-electron chi connectivity index (χ3n) is 5.11. The number of ether oxygens (including phenoxy) is 1. The fraction of sp³-hybridized carbons (Fsp3) is 0.0417. The molecule has 1 aromatic heterocycles. The van der Waals surface area contributed by atoms with Crippen molar-refractivity contribution >= 4 is 38.4 Å². The zero-order valence-electron chi connectivity index (χ0n) is 14.8. The van der Waals surface area contributed by atoms with E-state index >= 15 is 0 Å². The number of methoxy groups -OCH3 is 1. The van der Waals surface area contributed by atoms with Gasteiger partial charge < -0.3 is 9.72 Å². The molecule has 130 valence electrons. The predicted molar refractivity (Wildman–Crippen MR) is 110 cm³/mol. The molecule has 5 rings (SSSR count). The summed E-state index contributed by atoms with van der Waals surface area (Å²) in [6.45, 7) is 0. The number of carbonyl (C=O) groups excluding carboxylic acids is 1. The highest BCUT2D eigenvalue weighted by atomic mass is 16.5. The van der Waals surface area contributed by atoms with Gasteiger partial charge in [-0.05, 0) is 47.2 Å². The number of aromatic nitrogens is 1. The molecule has 0 unspecified atom stereocenters. The molecule has 0 atom stereocenters. The highest BCUT2D eigenvalue weighted by Crippen LogP contribution is 2.35. The first-order valence-electron chi connectivity index (χ1n) is 8.87. The van der Waals surface area contributed by atoms with Gasteiger partial charge in [0.2, 0.25) is 0 Å². The second-order valence-electron chi connectivity index (χ2n) is 6.62. The number of aromatic amines is 1. The van der Waals surface area contributed by atoms with Gasteiger partial charge >= 0.3 is 0 Å². The average molecular weight is 351 g/mol. The van der Waals surface area contributed by atoms with E-state index in [4.69, 9.17) is 4.74 Å². The molecule has 0 aliphatic rings. The Balaban J connectivity index is 1.80. The monoisotopic (exact) mass is 351 g/mol. The van der Waals surface area contributed by atoms with Crippen molar-refractivity contribution in [3.05, 3.63) is 90.0 Å². The van der Waals surface area contributed by atoms with Gasteiger partial charge in [-0.2, -0.15) is 0 Å². The predicted octanol–water partition coefficient (Wildman–Crippen LogP) is 5.71. The Hall–Kier alpha value is -3.59. The van der Waals surface area contributed by atoms with Gasteiger partial charge in [-0.15, -0.1) is 0 Å². The van der Waals surface area contributed by atoms with Crippen LogP contribution < -0.4 is 4.74 Å². The number of benzene rings is 4. The van der Waals surface area contributed by atoms with E-state index in [0.717, 1.165) is 32.9 Å². The quantitative estimate of drug-likeness (QED) is 0.423. The summed E-state index contributed by atoms with van der Waals surface area (Å²) in [5.74, 6) is 0.747. The van der Waals surface area contributed by atoms with Crippen molar-refractivity contribution in [2.45, 2.75) is 0 Å². The van der Waals surface area contributed by atoms with Gasteiger partial charge in [-0.25, -0.2) is 0 Å². The van der Waals surface area contributed by atoms with Crippen molar-refractivity contribution in [1.29, 1.82) is 0 Å². The first-order valence-corrected chi connectivity index (χ1v) is 8.87. The van der Waals surface area contributed by atoms with Crippen molar-refractivity contribution < 1.29 is 9.53 Å². The van der Waals surface area contributed by atoms with Gasteiger partial charge in [-0.1, -0.05) is 42.5 Å². The van der Waals surface area contributed by atoms with Gasteiger partial charge in [0, 0.05) is 32.9 Å². The van der Waals surface area contributed by atoms with E-state index in [9.17, 15) is 4.79 Å². The first-order chi connectivity index (χ1) is 13.3. The topological polar surface area (TPSA) is 42.1 Å². The summed E-state index contributed by atoms with van der Waals surface area (Å²) >= 11 is 0. The maximum absolute atomic E-state index is 13.3. The number of nitrogens with one attached hydrogen (secondary N) is 1. The Labute approximate surface area is 156 Å². The number of hydrogen-bond acceptors (Lipinski definition) is 2. The fourth-order valence-electron chi connectivity index (χ4n) is 3.81. The van der Waals surface area contributed by atoms with Crippen LogP contribution >= 0.6 is 0 Å². The van der Waals surface area contributed by atoms with Crippen LogP contribution in [0.2, 0.25) is 0 Å². The van der Waals surface area contributed by atoms with Crippen molar-refractivity contribution in [1.82, 2.24) is 4.98 Å². The molecule has 1 N–H and O–H groups in total. The number of H-pyrrole nitrogens is 1. The maximum Gasteiger partial charge on any atom is 0.193 e. The summed E-state index contributed by atoms with van der Waals surface area (Å²) in [5, 5.41) is 4.39. The van der Waals surface area contributed by atoms with Crippen LogP contribution in [-0.2, 0) is 0 Å². The number of fused-ring (bicyclic) bond motifs is 5. The molecule has 0 bridgehead atoms. The van der Waals surface area contributed by atoms with Gasteiger partial charge in [0.15, 0.2) is 5.78 Å². The van der Waals surface area contributed by atoms with Crippen LogP contribution in [-0.4, -0.2) is 17.9 Å². The van der Waals surface area contributed by atoms with Crippen molar-refractivity contribution in [3.8, 4) is 5.75 Å². The summed E-state index contributed by atoms with van der Waals surface area (Å²) in [4.78, 5) is 16.7. The van der Waals surface area contributed by atoms with Gasteiger partial charge in [-0.3, -0.25) is 4.79 Å². The molecule has 3 heteroatoms. The smallest absolute Gasteiger partial charge is 0.193 e. The third kappa shape index (κ3) is 2.40. The molecule has 0 fully saturated rings. The highest BCUT2D eigenvalue weighted by Gasteiger charge is 2.17. The molecule has 0 saturated heterocycles. The highest BCUT2D eigenvalue weighted by molar-refractivity contribution is 6.26. The average Bonchev–Trinajstić information content (AvgIpc) is 3.11. The lowest BCUT2D eigenvalue weighted by molar-refractivity contribution is 0.104. The molecule has 1 heterocycles. The largest absolute Gasteiger partial charge is 0.497 e. The first kappa shape index (κ1) is 15.6. The summed E-state index contributed by atoms with van der Waals surface area (Å²) in [7, 11) is 1.62. The normalized spacial score (nSPS) is 11.3. The van der Waals surface area contributed by atoms with Crippen LogP contribution in [0.5, 0.6) is 5.75 Å². The number of rotatable bonds is 3. The molecule has 0 aliphatic carbocycles. The van der Waals surface area contributed by atoms with E-state index in [0.29, 0.717) is 11.1 Å². The molecule has 27 heavy (non-hydrogen) atoms. The second kappa shape index (κ2) is 5.99. The van der Waals surface area contributed by atoms with Gasteiger partial charge in [0.1, 0.15) is 5.75 Å². The van der Waals surface area contributed by atoms with Crippen LogP contribution in [0, 0.1) is 0 Å². The lowest BCUT2D eigenvalue weighted by Crippen LogP contribution is -2.02. The van der Waals surface area contributed by atoms with Crippen LogP contribution in [0.4, 0.5) is 0 Å². The lowest BCUT2D eigenvalue weighted by atomic mass is 9.94. The van der Waals surface area contributed by atoms with E-state index in [2.05, 4.69) is 23.2 Å². The Kier molecular flexibility index (Phi) is 3.47. The maximum atomic E-state index is 13.3. The zero-order chi connectivity index (χ0) is 18.4. The summed E-state index contributed by atoms with van der Waals surface area (Å²) < 4.78 is 5.20. The molecule has 5 aromatic rings. The fourth-order valence-corrected chi connectivity index (χ4v) is 3.81. The Morgan fingerprint density at radius 3 is 2.19 bits per heavy atom. The van der Waals surface area contributed by atoms with Crippen molar-refractivity contribution in [2.24, 2.45) is 0 Å². The standard InChI is InChI=1S/C24H17NO2/c1-27-16-12-10-15(11-13-16)24(26)20-14-22-23(18-7-3-2-6-17(18)20)19-8-4-5-9-21(19)25-22/h2-14,25H,1H3. The molecule has 0 aliphatic heterocycles. The van der Waals surface area contributed by atoms with Crippen LogP contribution in [0.25, 0.3) is 32.6 Å². The number of carbonyl (C=O) groups is 1. The van der Waals surface area contributed by atoms with Crippen LogP contribution in [0.3, 0.4) is 0 Å². The number of para-hydroxylation sites is 1. The zero-order valence-corrected chi connectivity index (χ0v) is 14.8. The van der Waals surface area contributed by atoms with Crippen molar-refractivity contribution in [2.75, 3.05) is 7.11 Å². The van der Waals surface area contributed by atoms with Crippen LogP contribution in [0.15, 0.2) is 78.9 Å². The summed E-state index contributed by atoms with van der Waals surface area (Å²) in [5.41, 5.74) is 3.41. The number of hydrogen-bond donors (Lipinski definition) is 1. The minimum Gasteiger partial charge on any atom is -0.497 e. The van der Waals surface area contributed by atoms with E-state index in [1.807, 2.05) is 60.7 Å². The third-order valence-corrected chi connectivity index (χ3v) is 5.11. The minimum absolute atomic E-state index is 0.00871. The van der Waals surface area contributed by atoms with Crippen molar-refractivity contribution in [3.63, 3.8) is 0 Å². The minimum atomic E-state index is 0.00871. The van der Waals surface area contributed by atoms with E-state index in [1.165, 1.54) is 5.39 Å². The molecule has 0 spiro atoms. The van der Waals surface area contributed by atoms with E-state index < -0.39 is 0 Å². The molecule has 0 radical (unpaired) electrons. The van der Waals surface area contributed by atoms with Gasteiger partial charge in [0.25, 0.3) is 0 Å². The molecule has 0 amide bonds. The molecule has 0 saturated carbocycles. The van der Waals surface area contributed by atoms with E-state index in [-0.39, 0.29) is 5.78 Å². The number of ketones is 1. The molecular weight excluding hydrogens is 334 g/mol. The lowest BCUT2D eigenvalue weighted by Gasteiger charge is -2.09. The Morgan fingerprint density at radius 1 is 0.778 bits per heavy atom. The van der Waals surface area contributed by atoms with E-state index in [1.54, 1.807) is 7.11 Å². The second-order valence-corrected chi connectivity index (χ2v) is 6.62. The SMILES string of the molecule is COc1ccc(C(=O)c2cc3[nH]c4ccccc4c3c3ccccc23)cc1. The van der Waals surface area contributed by atoms with Gasteiger partial charge in [0.05, 0.1) is 7.11 Å². The molecular formula is C24H17NO2. The Bertz CT molecular complexity index is 1310. The summed E-state index contributed by atoms with van der Waals surface area (Å²) in [6.07, 6.45) is 0.